The van der Waals surface area contributed by atoms with Gasteiger partial charge in [0.1, 0.15) is 28.0 Å². The van der Waals surface area contributed by atoms with E-state index in [1.807, 2.05) is 78.2 Å². The summed E-state index contributed by atoms with van der Waals surface area (Å²) in [5, 5.41) is 12.8. The number of hydrogen-bond donors (Lipinski definition) is 5. The lowest BCUT2D eigenvalue weighted by atomic mass is 9.76. The first kappa shape index (κ1) is 94.5. The van der Waals surface area contributed by atoms with Gasteiger partial charge < -0.3 is 55.5 Å². The lowest BCUT2D eigenvalue weighted by molar-refractivity contribution is -0.156. The molecule has 9 atom stereocenters. The molecule has 10 heterocycles. The molecule has 25 nitrogen and oxygen atoms in total. The van der Waals surface area contributed by atoms with Crippen LogP contribution in [-0.4, -0.2) is 176 Å². The number of carboxylic acid groups (broad SMARTS) is 1. The molecule has 5 saturated carbocycles. The Bertz CT molecular complexity index is 4730. The van der Waals surface area contributed by atoms with Gasteiger partial charge in [0, 0.05) is 98.2 Å². The fraction of sp³-hybridized carbons (Fsp3) is 0.701. The number of hydrogen-bond acceptors (Lipinski definition) is 21. The minimum atomic E-state index is -1.19. The number of nitrogens with two attached hydrogens (primary N) is 3. The summed E-state index contributed by atoms with van der Waals surface area (Å²) in [6.07, 6.45) is 48.4. The Hall–Kier alpha value is -7.07. The molecule has 680 valence electrons. The van der Waals surface area contributed by atoms with Gasteiger partial charge in [-0.3, -0.25) is 53.1 Å². The van der Waals surface area contributed by atoms with Gasteiger partial charge in [-0.2, -0.15) is 0 Å². The zero-order valence-electron chi connectivity index (χ0n) is 74.2. The molecule has 0 spiro atoms. The number of ether oxygens (including phenoxy) is 3. The maximum atomic E-state index is 14.2. The second-order valence-electron chi connectivity index (χ2n) is 38.4. The highest BCUT2D eigenvalue weighted by molar-refractivity contribution is 6.29. The minimum Gasteiger partial charge on any atom is -0.480 e. The molecule has 27 heteroatoms. The molecule has 7 aliphatic heterocycles. The van der Waals surface area contributed by atoms with Crippen molar-refractivity contribution in [3.05, 3.63) is 120 Å². The van der Waals surface area contributed by atoms with Gasteiger partial charge in [-0.05, 0) is 243 Å². The molecule has 0 radical (unpaired) electrons. The van der Waals surface area contributed by atoms with E-state index < -0.39 is 34.5 Å². The lowest BCUT2D eigenvalue weighted by Gasteiger charge is -2.45. The molecule has 124 heavy (non-hydrogen) atoms. The Labute approximate surface area is 743 Å². The number of benzene rings is 3. The Morgan fingerprint density at radius 3 is 0.976 bits per heavy atom. The number of nitrogens with one attached hydrogen (secondary N) is 1. The van der Waals surface area contributed by atoms with E-state index in [0.29, 0.717) is 131 Å². The minimum absolute atomic E-state index is 0. The zero-order valence-corrected chi connectivity index (χ0v) is 75.8. The Morgan fingerprint density at radius 1 is 0.395 bits per heavy atom. The van der Waals surface area contributed by atoms with E-state index in [2.05, 4.69) is 44.9 Å². The highest BCUT2D eigenvalue weighted by Crippen LogP contribution is 2.49. The van der Waals surface area contributed by atoms with Crippen LogP contribution in [0.5, 0.6) is 0 Å². The molecule has 12 aliphatic rings. The van der Waals surface area contributed by atoms with Gasteiger partial charge in [-0.15, -0.1) is 12.4 Å². The predicted molar refractivity (Wildman–Crippen MR) is 488 cm³/mol. The van der Waals surface area contributed by atoms with Gasteiger partial charge >= 0.3 is 29.8 Å². The van der Waals surface area contributed by atoms with Crippen LogP contribution in [0, 0.1) is 0 Å². The van der Waals surface area contributed by atoms with Crippen molar-refractivity contribution in [2.45, 2.75) is 405 Å². The Morgan fingerprint density at radius 2 is 0.677 bits per heavy atom. The van der Waals surface area contributed by atoms with Gasteiger partial charge in [0.25, 0.3) is 16.7 Å². The van der Waals surface area contributed by atoms with Crippen molar-refractivity contribution in [1.82, 2.24) is 48.7 Å². The second-order valence-corrected chi connectivity index (χ2v) is 38.7. The van der Waals surface area contributed by atoms with Gasteiger partial charge in [0.2, 0.25) is 0 Å². The summed E-state index contributed by atoms with van der Waals surface area (Å²) in [6.45, 7) is 8.31. The summed E-state index contributed by atoms with van der Waals surface area (Å²) >= 11 is 6.23. The average molecular weight is 1750 g/mol. The number of fused-ring (bicyclic) bond motifs is 9. The number of piperidine rings is 4. The SMILES string of the molecule is CC(=O)OC(C)=O.CCOC(=O)C1(N)CCC(c2nc3ccccc3n(C3C[C@H]4CC[C@@H](C3)N4C3CCCCCCC3)c2=O)CC1.CCOC(=O)C1(N)CCNCC1.Cl.NC1(C(=O)O)CCC(c2nc3ccccc3n(C3C[C@H]4CC[C@@H](C3)N4C3CCCCCCC3)c2=O)CC1.O=c1c(Cl)nc2ccccc2n1C1C[C@H]2CC[C@@H](C1)N2C1CCCCCCC1. The fourth-order valence-corrected chi connectivity index (χ4v) is 24.5. The number of aromatic nitrogens is 6. The molecule has 5 aliphatic carbocycles. The van der Waals surface area contributed by atoms with Crippen molar-refractivity contribution in [2.75, 3.05) is 26.3 Å². The van der Waals surface area contributed by atoms with Crippen LogP contribution < -0.4 is 39.2 Å². The molecule has 18 rings (SSSR count). The largest absolute Gasteiger partial charge is 0.480 e. The topological polar surface area (TPSA) is 338 Å². The van der Waals surface area contributed by atoms with E-state index in [0.717, 1.165) is 96.8 Å². The molecule has 3 unspecified atom stereocenters. The number of para-hydroxylation sites is 6. The van der Waals surface area contributed by atoms with Crippen LogP contribution in [0.3, 0.4) is 0 Å². The maximum absolute atomic E-state index is 14.2. The lowest BCUT2D eigenvalue weighted by Crippen LogP contribution is -2.55. The highest BCUT2D eigenvalue weighted by atomic mass is 35.5. The third-order valence-corrected chi connectivity index (χ3v) is 30.6. The zero-order chi connectivity index (χ0) is 86.5. The molecular formula is C97H141Cl2N13O12. The molecule has 12 fully saturated rings. The van der Waals surface area contributed by atoms with Crippen molar-refractivity contribution in [3.8, 4) is 0 Å². The molecular weight excluding hydrogens is 1610 g/mol. The standard InChI is InChI=1S/C32H46N4O3.C30H42N4O3.C23H30ClN3O.C8H16N2O2.C4H6O3.ClH/c1-2-39-31(38)32(33)18-16-22(17-19-32)29-30(37)36(28-13-9-8-12-27(28)34-29)26-20-24-14-15-25(21-26)35(24)23-10-6-4-3-5-7-11-23;31-30(29(36)37)16-14-20(15-17-30)27-28(35)34(26-11-7-6-10-25(26)32-27)24-18-22-12-13-23(19-24)33(22)21-8-4-2-1-3-5-9-21;24-22-23(28)27(21-11-7-6-10-20(21)25-22)19-14-17-12-13-18(15-19)26(17)16-8-4-2-1-3-5-9-16;1-2-12-7(11)8(9)3-5-10-6-4-8;1-3(5)7-4(2)6;/h8-9,12-13,22-26H,2-7,10-11,14-21,33H2,1H3;6-7,10-11,20-24H,1-5,8-9,12-19,31H2,(H,36,37);6-7,10-11,16-19H,1-5,8-9,12-15H2;10H,2-6,9H2,1H3;1-2H3;1H/t22?,24-,25+,26?,32?;20?,22-,23+,24?,30?;17-,18+,19?;;;. The van der Waals surface area contributed by atoms with Crippen LogP contribution in [0.1, 0.15) is 345 Å². The van der Waals surface area contributed by atoms with Gasteiger partial charge in [0.05, 0.1) is 46.3 Å². The normalized spacial score (nSPS) is 29.6. The van der Waals surface area contributed by atoms with Crippen molar-refractivity contribution in [1.29, 1.82) is 0 Å². The summed E-state index contributed by atoms with van der Waals surface area (Å²) in [5.41, 5.74) is 22.3. The molecule has 0 amide bonds. The number of aliphatic carboxylic acids is 1. The van der Waals surface area contributed by atoms with Crippen LogP contribution in [0.25, 0.3) is 33.1 Å². The first-order valence-electron chi connectivity index (χ1n) is 47.8. The smallest absolute Gasteiger partial charge is 0.326 e. The van der Waals surface area contributed by atoms with Gasteiger partial charge in [-0.1, -0.05) is 144 Å². The number of halogens is 2. The molecule has 6 aromatic rings. The number of carbonyl (C=O) groups is 5. The number of rotatable bonds is 13. The third-order valence-electron chi connectivity index (χ3n) is 30.4. The first-order chi connectivity index (χ1) is 59.5. The van der Waals surface area contributed by atoms with E-state index in [1.54, 1.807) is 6.92 Å². The molecule has 3 aromatic heterocycles. The van der Waals surface area contributed by atoms with Crippen LogP contribution in [0.15, 0.2) is 87.2 Å². The van der Waals surface area contributed by atoms with Crippen molar-refractivity contribution < 1.29 is 43.3 Å². The van der Waals surface area contributed by atoms with E-state index in [1.165, 1.54) is 187 Å². The number of nitrogens with zero attached hydrogens (tertiary/aromatic N) is 9. The summed E-state index contributed by atoms with van der Waals surface area (Å²) in [5.74, 6) is -2.66. The van der Waals surface area contributed by atoms with Crippen molar-refractivity contribution >= 4 is 87.0 Å². The van der Waals surface area contributed by atoms with E-state index in [4.69, 9.17) is 48.2 Å². The Kier molecular flexibility index (Phi) is 33.1. The number of esters is 4. The van der Waals surface area contributed by atoms with Crippen molar-refractivity contribution in [2.24, 2.45) is 17.2 Å². The molecule has 7 saturated heterocycles. The highest BCUT2D eigenvalue weighted by Gasteiger charge is 2.50. The van der Waals surface area contributed by atoms with E-state index in [-0.39, 0.29) is 76.1 Å². The summed E-state index contributed by atoms with van der Waals surface area (Å²) in [7, 11) is 0. The molecule has 6 bridgehead atoms. The maximum Gasteiger partial charge on any atom is 0.326 e. The van der Waals surface area contributed by atoms with Crippen LogP contribution in [0.2, 0.25) is 5.15 Å². The van der Waals surface area contributed by atoms with Crippen molar-refractivity contribution in [3.63, 3.8) is 0 Å². The van der Waals surface area contributed by atoms with Crippen LogP contribution in [-0.2, 0) is 38.2 Å². The number of carboxylic acids is 1. The monoisotopic (exact) mass is 1750 g/mol. The first-order valence-corrected chi connectivity index (χ1v) is 48.2. The van der Waals surface area contributed by atoms with Gasteiger partial charge in [0.15, 0.2) is 5.15 Å². The van der Waals surface area contributed by atoms with E-state index in [9.17, 15) is 43.5 Å². The average Bonchev–Trinajstić information content (AvgIpc) is 1.42. The summed E-state index contributed by atoms with van der Waals surface area (Å²) < 4.78 is 20.3. The van der Waals surface area contributed by atoms with Crippen LogP contribution >= 0.6 is 24.0 Å². The Balaban J connectivity index is 0.000000145. The molecule has 8 N–H and O–H groups in total. The fourth-order valence-electron chi connectivity index (χ4n) is 24.3. The third kappa shape index (κ3) is 21.9. The van der Waals surface area contributed by atoms with E-state index >= 15 is 0 Å². The summed E-state index contributed by atoms with van der Waals surface area (Å²) in [6, 6.07) is 30.5. The second kappa shape index (κ2) is 43.4. The molecule has 3 aromatic carbocycles. The van der Waals surface area contributed by atoms with Crippen LogP contribution in [0.4, 0.5) is 0 Å². The number of carbonyl (C=O) groups excluding carboxylic acids is 4. The summed E-state index contributed by atoms with van der Waals surface area (Å²) in [4.78, 5) is 119. The quantitative estimate of drug-likeness (QED) is 0.0407. The predicted octanol–water partition coefficient (Wildman–Crippen LogP) is 16.2. The van der Waals surface area contributed by atoms with Gasteiger partial charge in [-0.25, -0.2) is 15.0 Å².